The first kappa shape index (κ1) is 29.7. The number of esters is 1. The molecule has 0 radical (unpaired) electrons. The average molecular weight is 579 g/mol. The minimum atomic E-state index is -0.790. The number of carbonyl (C=O) groups excluding carboxylic acids is 1. The van der Waals surface area contributed by atoms with Crippen molar-refractivity contribution in [2.24, 2.45) is 22.2 Å². The highest BCUT2D eigenvalue weighted by Gasteiger charge is 2.20. The van der Waals surface area contributed by atoms with Crippen molar-refractivity contribution in [2.75, 3.05) is 6.54 Å². The van der Waals surface area contributed by atoms with Gasteiger partial charge in [-0.05, 0) is 41.2 Å². The smallest absolute Gasteiger partial charge is 0.323 e. The first-order valence-corrected chi connectivity index (χ1v) is 13.9. The van der Waals surface area contributed by atoms with Crippen molar-refractivity contribution in [1.82, 2.24) is 30.2 Å². The first-order valence-electron chi connectivity index (χ1n) is 13.5. The topological polar surface area (TPSA) is 189 Å². The van der Waals surface area contributed by atoms with Gasteiger partial charge in [0.1, 0.15) is 18.5 Å². The lowest BCUT2D eigenvalue weighted by molar-refractivity contribution is -0.146. The van der Waals surface area contributed by atoms with Gasteiger partial charge in [-0.1, -0.05) is 73.5 Å². The Morgan fingerprint density at radius 1 is 1.12 bits per heavy atom. The number of nitrogens with zero attached hydrogens (tertiary/aromatic N) is 6. The highest BCUT2D eigenvalue weighted by Crippen LogP contribution is 2.30. The predicted molar refractivity (Wildman–Crippen MR) is 158 cm³/mol. The summed E-state index contributed by atoms with van der Waals surface area (Å²) in [5.74, 6) is 0.867. The van der Waals surface area contributed by atoms with Crippen LogP contribution < -0.4 is 17.2 Å². The standard InChI is InChI=1S/C28H35ClN10O2/c1-2-3-10-24-34-25(29)23(17-41-27(40)22(30)9-6-15-33-28(31)32)39(24)16-18-11-13-19(14-12-18)20-7-4-5-8-21(20)26-35-37-38-36-26/h4-5,7-8,11-14,22H,2-3,6,9-10,15-17,30H2,1H3,(H4,31,32,33)(H,35,36,37,38)/t22-/m1/s1. The summed E-state index contributed by atoms with van der Waals surface area (Å²) in [5, 5.41) is 14.8. The molecule has 13 heteroatoms. The number of halogens is 1. The number of guanidine groups is 1. The zero-order valence-electron chi connectivity index (χ0n) is 23.0. The predicted octanol–water partition coefficient (Wildman–Crippen LogP) is 3.20. The maximum absolute atomic E-state index is 12.6. The van der Waals surface area contributed by atoms with E-state index in [2.05, 4.69) is 61.8 Å². The van der Waals surface area contributed by atoms with E-state index in [1.807, 2.05) is 28.8 Å². The van der Waals surface area contributed by atoms with Crippen molar-refractivity contribution >= 4 is 23.5 Å². The molecule has 0 bridgehead atoms. The quantitative estimate of drug-likeness (QED) is 0.0753. The van der Waals surface area contributed by atoms with E-state index in [1.165, 1.54) is 0 Å². The fourth-order valence-electron chi connectivity index (χ4n) is 4.42. The number of aromatic nitrogens is 6. The van der Waals surface area contributed by atoms with Crippen LogP contribution in [-0.4, -0.2) is 54.7 Å². The molecule has 0 aliphatic heterocycles. The summed E-state index contributed by atoms with van der Waals surface area (Å²) in [6.45, 7) is 3.00. The van der Waals surface area contributed by atoms with Crippen LogP contribution in [0.2, 0.25) is 5.15 Å². The third-order valence-electron chi connectivity index (χ3n) is 6.60. The zero-order chi connectivity index (χ0) is 29.2. The molecule has 41 heavy (non-hydrogen) atoms. The Bertz CT molecular complexity index is 1450. The van der Waals surface area contributed by atoms with E-state index in [-0.39, 0.29) is 12.6 Å². The molecule has 0 spiro atoms. The molecule has 12 nitrogen and oxygen atoms in total. The summed E-state index contributed by atoms with van der Waals surface area (Å²) < 4.78 is 7.58. The second-order valence-electron chi connectivity index (χ2n) is 9.60. The van der Waals surface area contributed by atoms with Crippen molar-refractivity contribution in [3.63, 3.8) is 0 Å². The van der Waals surface area contributed by atoms with Crippen molar-refractivity contribution in [3.05, 3.63) is 70.8 Å². The average Bonchev–Trinajstić information content (AvgIpc) is 3.61. The molecular formula is C28H35ClN10O2. The summed E-state index contributed by atoms with van der Waals surface area (Å²) in [4.78, 5) is 21.1. The number of aliphatic imine (C=N–C) groups is 1. The molecule has 4 aromatic rings. The van der Waals surface area contributed by atoms with E-state index in [1.54, 1.807) is 0 Å². The minimum Gasteiger partial charge on any atom is -0.458 e. The molecule has 4 rings (SSSR count). The van der Waals surface area contributed by atoms with Gasteiger partial charge < -0.3 is 26.5 Å². The van der Waals surface area contributed by atoms with Gasteiger partial charge in [0.2, 0.25) is 5.82 Å². The molecular weight excluding hydrogens is 544 g/mol. The van der Waals surface area contributed by atoms with Gasteiger partial charge in [0.25, 0.3) is 0 Å². The monoisotopic (exact) mass is 578 g/mol. The Labute approximate surface area is 243 Å². The van der Waals surface area contributed by atoms with Crippen LogP contribution in [0, 0.1) is 0 Å². The van der Waals surface area contributed by atoms with Gasteiger partial charge in [-0.2, -0.15) is 5.21 Å². The van der Waals surface area contributed by atoms with Crippen LogP contribution in [0.3, 0.4) is 0 Å². The normalized spacial score (nSPS) is 11.8. The Morgan fingerprint density at radius 3 is 2.56 bits per heavy atom. The molecule has 0 unspecified atom stereocenters. The van der Waals surface area contributed by atoms with E-state index in [9.17, 15) is 4.79 Å². The number of ether oxygens (including phenoxy) is 1. The molecule has 2 aromatic heterocycles. The van der Waals surface area contributed by atoms with Crippen LogP contribution in [0.5, 0.6) is 0 Å². The lowest BCUT2D eigenvalue weighted by atomic mass is 9.98. The van der Waals surface area contributed by atoms with Crippen LogP contribution in [0.1, 0.15) is 49.7 Å². The van der Waals surface area contributed by atoms with E-state index >= 15 is 0 Å². The second kappa shape index (κ2) is 14.4. The molecule has 2 aromatic carbocycles. The lowest BCUT2D eigenvalue weighted by Gasteiger charge is -2.15. The molecule has 0 aliphatic carbocycles. The number of imidazole rings is 1. The van der Waals surface area contributed by atoms with Gasteiger partial charge in [-0.3, -0.25) is 9.79 Å². The maximum Gasteiger partial charge on any atom is 0.323 e. The molecule has 0 amide bonds. The number of rotatable bonds is 14. The summed E-state index contributed by atoms with van der Waals surface area (Å²) >= 11 is 6.55. The van der Waals surface area contributed by atoms with E-state index in [0.717, 1.165) is 47.3 Å². The number of nitrogens with one attached hydrogen (secondary N) is 1. The van der Waals surface area contributed by atoms with Crippen LogP contribution >= 0.6 is 11.6 Å². The lowest BCUT2D eigenvalue weighted by Crippen LogP contribution is -2.32. The Hall–Kier alpha value is -4.29. The Kier molecular flexibility index (Phi) is 10.4. The number of H-pyrrole nitrogens is 1. The van der Waals surface area contributed by atoms with Crippen LogP contribution in [-0.2, 0) is 29.1 Å². The molecule has 7 N–H and O–H groups in total. The largest absolute Gasteiger partial charge is 0.458 e. The number of carbonyl (C=O) groups is 1. The second-order valence-corrected chi connectivity index (χ2v) is 9.95. The number of unbranched alkanes of at least 4 members (excludes halogenated alkanes) is 1. The van der Waals surface area contributed by atoms with Gasteiger partial charge >= 0.3 is 5.97 Å². The molecule has 0 saturated heterocycles. The molecule has 1 atom stereocenters. The molecule has 0 fully saturated rings. The summed E-state index contributed by atoms with van der Waals surface area (Å²) in [5.41, 5.74) is 21.3. The van der Waals surface area contributed by atoms with E-state index in [4.69, 9.17) is 33.5 Å². The fourth-order valence-corrected chi connectivity index (χ4v) is 4.67. The number of aryl methyl sites for hydroxylation is 1. The van der Waals surface area contributed by atoms with Crippen LogP contribution in [0.25, 0.3) is 22.5 Å². The minimum absolute atomic E-state index is 0.00578. The Morgan fingerprint density at radius 2 is 1.88 bits per heavy atom. The highest BCUT2D eigenvalue weighted by molar-refractivity contribution is 6.30. The zero-order valence-corrected chi connectivity index (χ0v) is 23.7. The van der Waals surface area contributed by atoms with Gasteiger partial charge in [-0.25, -0.2) is 4.98 Å². The van der Waals surface area contributed by atoms with Crippen molar-refractivity contribution < 1.29 is 9.53 Å². The maximum atomic E-state index is 12.6. The number of nitrogens with two attached hydrogens (primary N) is 3. The van der Waals surface area contributed by atoms with Gasteiger partial charge in [0, 0.05) is 25.1 Å². The van der Waals surface area contributed by atoms with E-state index in [0.29, 0.717) is 42.6 Å². The van der Waals surface area contributed by atoms with Crippen molar-refractivity contribution in [1.29, 1.82) is 0 Å². The molecule has 0 aliphatic rings. The molecule has 216 valence electrons. The fraction of sp³-hybridized carbons (Fsp3) is 0.357. The highest BCUT2D eigenvalue weighted by atomic mass is 35.5. The van der Waals surface area contributed by atoms with Crippen molar-refractivity contribution in [3.8, 4) is 22.5 Å². The summed E-state index contributed by atoms with van der Waals surface area (Å²) in [6, 6.07) is 15.3. The third kappa shape index (κ3) is 7.89. The molecule has 0 saturated carbocycles. The SMILES string of the molecule is CCCCc1nc(Cl)c(COC(=O)[C@H](N)CCCN=C(N)N)n1Cc1ccc(-c2ccccc2-c2nn[nH]n2)cc1. The van der Waals surface area contributed by atoms with Crippen LogP contribution in [0.4, 0.5) is 0 Å². The number of benzene rings is 2. The number of hydrogen-bond acceptors (Lipinski definition) is 8. The first-order chi connectivity index (χ1) is 19.9. The number of hydrogen-bond donors (Lipinski definition) is 4. The summed E-state index contributed by atoms with van der Waals surface area (Å²) in [7, 11) is 0. The summed E-state index contributed by atoms with van der Waals surface area (Å²) in [6.07, 6.45) is 3.68. The molecule has 2 heterocycles. The van der Waals surface area contributed by atoms with Gasteiger partial charge in [0.05, 0.1) is 5.69 Å². The van der Waals surface area contributed by atoms with Crippen molar-refractivity contribution in [2.45, 2.75) is 58.2 Å². The van der Waals surface area contributed by atoms with Crippen LogP contribution in [0.15, 0.2) is 53.5 Å². The Balaban J connectivity index is 1.49. The number of tetrazole rings is 1. The van der Waals surface area contributed by atoms with E-state index < -0.39 is 12.0 Å². The third-order valence-corrected chi connectivity index (χ3v) is 6.90. The van der Waals surface area contributed by atoms with Gasteiger partial charge in [-0.15, -0.1) is 10.2 Å². The van der Waals surface area contributed by atoms with Gasteiger partial charge in [0.15, 0.2) is 11.1 Å². The number of aromatic amines is 1.